The lowest BCUT2D eigenvalue weighted by Gasteiger charge is -2.35. The number of hydrogen-bond donors (Lipinski definition) is 1. The van der Waals surface area contributed by atoms with Crippen molar-refractivity contribution in [2.45, 2.75) is 26.0 Å². The number of nitrogens with zero attached hydrogens (tertiary/aromatic N) is 2. The minimum Gasteiger partial charge on any atom is -0.447 e. The Hall–Kier alpha value is -1.62. The van der Waals surface area contributed by atoms with E-state index in [1.165, 1.54) is 0 Å². The van der Waals surface area contributed by atoms with Crippen LogP contribution in [0.25, 0.3) is 0 Å². The van der Waals surface area contributed by atoms with E-state index >= 15 is 0 Å². The molecule has 0 bridgehead atoms. The van der Waals surface area contributed by atoms with Crippen LogP contribution in [0.1, 0.15) is 25.6 Å². The molecule has 1 aromatic rings. The van der Waals surface area contributed by atoms with Gasteiger partial charge in [-0.3, -0.25) is 9.88 Å². The van der Waals surface area contributed by atoms with Crippen LogP contribution in [0, 0.1) is 0 Å². The summed E-state index contributed by atoms with van der Waals surface area (Å²) >= 11 is 0. The van der Waals surface area contributed by atoms with E-state index in [1.807, 2.05) is 32.0 Å². The number of carbonyl (C=O) groups excluding carboxylic acids is 1. The number of amides is 1. The van der Waals surface area contributed by atoms with E-state index in [0.29, 0.717) is 13.1 Å². The second-order valence-electron chi connectivity index (χ2n) is 4.60. The van der Waals surface area contributed by atoms with Crippen LogP contribution in [0.2, 0.25) is 0 Å². The van der Waals surface area contributed by atoms with Gasteiger partial charge in [0.1, 0.15) is 0 Å². The summed E-state index contributed by atoms with van der Waals surface area (Å²) in [7, 11) is 0. The molecule has 0 aliphatic carbocycles. The van der Waals surface area contributed by atoms with Gasteiger partial charge in [-0.25, -0.2) is 4.79 Å². The molecule has 1 unspecified atom stereocenters. The fraction of sp³-hybridized carbons (Fsp3) is 0.538. The van der Waals surface area contributed by atoms with Gasteiger partial charge < -0.3 is 10.1 Å². The van der Waals surface area contributed by atoms with Crippen molar-refractivity contribution in [3.8, 4) is 0 Å². The Morgan fingerprint density at radius 2 is 2.39 bits per heavy atom. The smallest absolute Gasteiger partial charge is 0.410 e. The monoisotopic (exact) mass is 249 g/mol. The lowest BCUT2D eigenvalue weighted by Crippen LogP contribution is -2.49. The third-order valence-electron chi connectivity index (χ3n) is 2.84. The minimum absolute atomic E-state index is 0.0498. The van der Waals surface area contributed by atoms with Crippen molar-refractivity contribution in [2.24, 2.45) is 0 Å². The highest BCUT2D eigenvalue weighted by Crippen LogP contribution is 2.21. The van der Waals surface area contributed by atoms with Crippen molar-refractivity contribution < 1.29 is 9.53 Å². The molecule has 18 heavy (non-hydrogen) atoms. The van der Waals surface area contributed by atoms with Crippen molar-refractivity contribution in [1.82, 2.24) is 15.2 Å². The molecule has 0 spiro atoms. The standard InChI is InChI=1S/C13H19N3O2/c1-10(2)18-13(17)16-8-7-14-9-12(16)11-5-3-4-6-15-11/h3-6,10,12,14H,7-9H2,1-2H3. The fourth-order valence-corrected chi connectivity index (χ4v) is 2.03. The van der Waals surface area contributed by atoms with Crippen LogP contribution in [0.3, 0.4) is 0 Å². The molecular formula is C13H19N3O2. The lowest BCUT2D eigenvalue weighted by molar-refractivity contribution is 0.0554. The van der Waals surface area contributed by atoms with Crippen molar-refractivity contribution in [3.05, 3.63) is 30.1 Å². The van der Waals surface area contributed by atoms with E-state index in [9.17, 15) is 4.79 Å². The maximum absolute atomic E-state index is 12.0. The Kier molecular flexibility index (Phi) is 4.15. The first-order valence-corrected chi connectivity index (χ1v) is 6.27. The summed E-state index contributed by atoms with van der Waals surface area (Å²) in [6, 6.07) is 5.69. The van der Waals surface area contributed by atoms with Crippen molar-refractivity contribution >= 4 is 6.09 Å². The minimum atomic E-state index is -0.262. The Bertz CT molecular complexity index is 394. The van der Waals surface area contributed by atoms with Crippen LogP contribution in [-0.2, 0) is 4.74 Å². The van der Waals surface area contributed by atoms with E-state index < -0.39 is 0 Å². The number of nitrogens with one attached hydrogen (secondary N) is 1. The molecule has 5 nitrogen and oxygen atoms in total. The largest absolute Gasteiger partial charge is 0.447 e. The molecular weight excluding hydrogens is 230 g/mol. The second-order valence-corrected chi connectivity index (χ2v) is 4.60. The number of ether oxygens (including phenoxy) is 1. The van der Waals surface area contributed by atoms with Gasteiger partial charge in [-0.1, -0.05) is 6.07 Å². The van der Waals surface area contributed by atoms with Gasteiger partial charge in [0.15, 0.2) is 0 Å². The molecule has 0 radical (unpaired) electrons. The highest BCUT2D eigenvalue weighted by atomic mass is 16.6. The van der Waals surface area contributed by atoms with Crippen LogP contribution in [-0.4, -0.2) is 41.7 Å². The molecule has 1 aliphatic heterocycles. The summed E-state index contributed by atoms with van der Waals surface area (Å²) in [5, 5.41) is 3.28. The third kappa shape index (κ3) is 2.98. The van der Waals surface area contributed by atoms with Gasteiger partial charge in [-0.15, -0.1) is 0 Å². The molecule has 1 atom stereocenters. The first kappa shape index (κ1) is 12.8. The van der Waals surface area contributed by atoms with E-state index in [4.69, 9.17) is 4.74 Å². The zero-order valence-electron chi connectivity index (χ0n) is 10.8. The predicted molar refractivity (Wildman–Crippen MR) is 68.2 cm³/mol. The highest BCUT2D eigenvalue weighted by Gasteiger charge is 2.30. The van der Waals surface area contributed by atoms with Crippen molar-refractivity contribution in [3.63, 3.8) is 0 Å². The SMILES string of the molecule is CC(C)OC(=O)N1CCNCC1c1ccccn1. The number of rotatable bonds is 2. The van der Waals surface area contributed by atoms with Gasteiger partial charge in [0.05, 0.1) is 17.8 Å². The summed E-state index contributed by atoms with van der Waals surface area (Å²) in [6.07, 6.45) is 1.38. The quantitative estimate of drug-likeness (QED) is 0.864. The summed E-state index contributed by atoms with van der Waals surface area (Å²) < 4.78 is 5.27. The van der Waals surface area contributed by atoms with Gasteiger partial charge >= 0.3 is 6.09 Å². The van der Waals surface area contributed by atoms with Gasteiger partial charge in [-0.2, -0.15) is 0 Å². The molecule has 1 aliphatic rings. The van der Waals surface area contributed by atoms with E-state index in [-0.39, 0.29) is 18.2 Å². The maximum Gasteiger partial charge on any atom is 0.410 e. The molecule has 1 N–H and O–H groups in total. The van der Waals surface area contributed by atoms with Gasteiger partial charge in [-0.05, 0) is 26.0 Å². The molecule has 0 aromatic carbocycles. The first-order chi connectivity index (χ1) is 8.68. The van der Waals surface area contributed by atoms with E-state index in [1.54, 1.807) is 11.1 Å². The summed E-state index contributed by atoms with van der Waals surface area (Å²) in [5.74, 6) is 0. The van der Waals surface area contributed by atoms with Crippen LogP contribution < -0.4 is 5.32 Å². The molecule has 1 fully saturated rings. The third-order valence-corrected chi connectivity index (χ3v) is 2.84. The van der Waals surface area contributed by atoms with Gasteiger partial charge in [0.2, 0.25) is 0 Å². The number of piperazine rings is 1. The Balaban J connectivity index is 2.13. The van der Waals surface area contributed by atoms with Crippen LogP contribution >= 0.6 is 0 Å². The highest BCUT2D eigenvalue weighted by molar-refractivity contribution is 5.68. The zero-order valence-corrected chi connectivity index (χ0v) is 10.8. The van der Waals surface area contributed by atoms with Crippen LogP contribution in [0.4, 0.5) is 4.79 Å². The fourth-order valence-electron chi connectivity index (χ4n) is 2.03. The number of pyridine rings is 1. The topological polar surface area (TPSA) is 54.5 Å². The maximum atomic E-state index is 12.0. The van der Waals surface area contributed by atoms with Crippen LogP contribution in [0.5, 0.6) is 0 Å². The molecule has 1 aromatic heterocycles. The van der Waals surface area contributed by atoms with Gasteiger partial charge in [0, 0.05) is 25.8 Å². The number of aromatic nitrogens is 1. The predicted octanol–water partition coefficient (Wildman–Crippen LogP) is 1.57. The summed E-state index contributed by atoms with van der Waals surface area (Å²) in [4.78, 5) is 18.1. The molecule has 1 saturated heterocycles. The van der Waals surface area contributed by atoms with Gasteiger partial charge in [0.25, 0.3) is 0 Å². The van der Waals surface area contributed by atoms with E-state index in [2.05, 4.69) is 10.3 Å². The Labute approximate surface area is 107 Å². The average molecular weight is 249 g/mol. The Morgan fingerprint density at radius 3 is 3.06 bits per heavy atom. The zero-order chi connectivity index (χ0) is 13.0. The Morgan fingerprint density at radius 1 is 1.56 bits per heavy atom. The molecule has 1 amide bonds. The second kappa shape index (κ2) is 5.82. The van der Waals surface area contributed by atoms with Crippen molar-refractivity contribution in [1.29, 1.82) is 0 Å². The summed E-state index contributed by atoms with van der Waals surface area (Å²) in [6.45, 7) is 5.86. The first-order valence-electron chi connectivity index (χ1n) is 6.27. The van der Waals surface area contributed by atoms with Crippen molar-refractivity contribution in [2.75, 3.05) is 19.6 Å². The molecule has 98 valence electrons. The van der Waals surface area contributed by atoms with E-state index in [0.717, 1.165) is 12.2 Å². The van der Waals surface area contributed by atoms with Crippen LogP contribution in [0.15, 0.2) is 24.4 Å². The lowest BCUT2D eigenvalue weighted by atomic mass is 10.1. The molecule has 2 heterocycles. The normalized spacial score (nSPS) is 19.9. The molecule has 5 heteroatoms. The average Bonchev–Trinajstić information content (AvgIpc) is 2.39. The molecule has 2 rings (SSSR count). The molecule has 0 saturated carbocycles. The summed E-state index contributed by atoms with van der Waals surface area (Å²) in [5.41, 5.74) is 0.894. The number of carbonyl (C=O) groups is 1. The number of hydrogen-bond acceptors (Lipinski definition) is 4.